The van der Waals surface area contributed by atoms with E-state index in [0.717, 1.165) is 12.1 Å². The number of rotatable bonds is 6. The molecule has 0 saturated carbocycles. The van der Waals surface area contributed by atoms with E-state index in [1.807, 2.05) is 0 Å². The Morgan fingerprint density at radius 1 is 0.844 bits per heavy atom. The van der Waals surface area contributed by atoms with Crippen molar-refractivity contribution < 1.29 is 25.6 Å². The Bertz CT molecular complexity index is 1520. The van der Waals surface area contributed by atoms with Crippen molar-refractivity contribution in [3.63, 3.8) is 0 Å². The molecule has 1 aromatic heterocycles. The highest BCUT2D eigenvalue weighted by Gasteiger charge is 2.24. The largest absolute Gasteiger partial charge is 0.443 e. The number of nitrogens with one attached hydrogen (secondary N) is 2. The lowest BCUT2D eigenvalue weighted by Gasteiger charge is -2.15. The van der Waals surface area contributed by atoms with Gasteiger partial charge in [0.05, 0.1) is 11.4 Å². The molecule has 4 aromatic rings. The van der Waals surface area contributed by atoms with Gasteiger partial charge >= 0.3 is 0 Å². The fourth-order valence-corrected chi connectivity index (χ4v) is 5.35. The number of fused-ring (bicyclic) bond motifs is 1. The van der Waals surface area contributed by atoms with Crippen LogP contribution in [0.2, 0.25) is 5.02 Å². The molecule has 2 N–H and O–H groups in total. The third-order valence-corrected chi connectivity index (χ3v) is 7.37. The highest BCUT2D eigenvalue weighted by atomic mass is 35.5. The Labute approximate surface area is 188 Å². The lowest BCUT2D eigenvalue weighted by atomic mass is 10.2. The van der Waals surface area contributed by atoms with Crippen LogP contribution in [0.5, 0.6) is 0 Å². The number of aryl methyl sites for hydroxylation is 1. The van der Waals surface area contributed by atoms with Gasteiger partial charge in [0.1, 0.15) is 16.3 Å². The zero-order chi connectivity index (χ0) is 23.1. The maximum Gasteiger partial charge on any atom is 0.295 e. The third kappa shape index (κ3) is 4.43. The van der Waals surface area contributed by atoms with Crippen LogP contribution >= 0.6 is 11.6 Å². The zero-order valence-electron chi connectivity index (χ0n) is 16.5. The first-order valence-electron chi connectivity index (χ1n) is 9.15. The van der Waals surface area contributed by atoms with Crippen molar-refractivity contribution in [3.05, 3.63) is 83.1 Å². The first-order chi connectivity index (χ1) is 15.0. The molecule has 0 atom stereocenters. The van der Waals surface area contributed by atoms with Crippen LogP contribution in [-0.4, -0.2) is 16.8 Å². The second-order valence-corrected chi connectivity index (χ2v) is 10.6. The monoisotopic (exact) mass is 494 g/mol. The van der Waals surface area contributed by atoms with E-state index in [2.05, 4.69) is 9.44 Å². The summed E-state index contributed by atoms with van der Waals surface area (Å²) in [5.41, 5.74) is 0.616. The van der Waals surface area contributed by atoms with E-state index in [1.165, 1.54) is 30.3 Å². The van der Waals surface area contributed by atoms with Gasteiger partial charge in [0.15, 0.2) is 0 Å². The van der Waals surface area contributed by atoms with Crippen LogP contribution in [0.25, 0.3) is 11.0 Å². The number of halogens is 2. The van der Waals surface area contributed by atoms with Gasteiger partial charge in [-0.3, -0.25) is 9.44 Å². The summed E-state index contributed by atoms with van der Waals surface area (Å²) < 4.78 is 75.4. The Kier molecular flexibility index (Phi) is 5.61. The van der Waals surface area contributed by atoms with Crippen molar-refractivity contribution in [3.8, 4) is 0 Å². The normalized spacial score (nSPS) is 12.1. The molecule has 0 saturated heterocycles. The zero-order valence-corrected chi connectivity index (χ0v) is 18.9. The minimum atomic E-state index is -4.36. The van der Waals surface area contributed by atoms with Crippen molar-refractivity contribution in [2.24, 2.45) is 0 Å². The molecular weight excluding hydrogens is 479 g/mol. The van der Waals surface area contributed by atoms with Gasteiger partial charge in [0.25, 0.3) is 20.0 Å². The van der Waals surface area contributed by atoms with Crippen molar-refractivity contribution in [2.45, 2.75) is 16.9 Å². The van der Waals surface area contributed by atoms with Gasteiger partial charge in [-0.25, -0.2) is 12.8 Å². The van der Waals surface area contributed by atoms with E-state index in [0.29, 0.717) is 16.5 Å². The summed E-state index contributed by atoms with van der Waals surface area (Å²) in [4.78, 5) is -0.579. The van der Waals surface area contributed by atoms with Gasteiger partial charge in [-0.1, -0.05) is 35.9 Å². The van der Waals surface area contributed by atoms with Gasteiger partial charge in [0, 0.05) is 16.5 Å². The Morgan fingerprint density at radius 3 is 2.28 bits per heavy atom. The highest BCUT2D eigenvalue weighted by molar-refractivity contribution is 7.93. The first-order valence-corrected chi connectivity index (χ1v) is 12.5. The third-order valence-electron chi connectivity index (χ3n) is 4.51. The van der Waals surface area contributed by atoms with Crippen LogP contribution in [0.4, 0.5) is 15.8 Å². The van der Waals surface area contributed by atoms with Crippen LogP contribution in [0, 0.1) is 12.7 Å². The molecule has 0 amide bonds. The summed E-state index contributed by atoms with van der Waals surface area (Å²) in [7, 11) is -8.60. The van der Waals surface area contributed by atoms with E-state index in [1.54, 1.807) is 31.2 Å². The predicted octanol–water partition coefficient (Wildman–Crippen LogP) is 5.14. The lowest BCUT2D eigenvalue weighted by Crippen LogP contribution is -2.18. The van der Waals surface area contributed by atoms with Gasteiger partial charge in [0.2, 0.25) is 5.09 Å². The maximum absolute atomic E-state index is 14.2. The number of para-hydroxylation sites is 1. The fourth-order valence-electron chi connectivity index (χ4n) is 3.00. The van der Waals surface area contributed by atoms with Crippen molar-refractivity contribution in [2.75, 3.05) is 9.44 Å². The molecule has 7 nitrogen and oxygen atoms in total. The van der Waals surface area contributed by atoms with E-state index < -0.39 is 30.8 Å². The summed E-state index contributed by atoms with van der Waals surface area (Å²) in [6, 6.07) is 15.6. The first kappa shape index (κ1) is 22.1. The molecule has 3 aromatic carbocycles. The molecule has 0 unspecified atom stereocenters. The smallest absolute Gasteiger partial charge is 0.295 e. The second kappa shape index (κ2) is 8.12. The van der Waals surface area contributed by atoms with Gasteiger partial charge < -0.3 is 4.42 Å². The van der Waals surface area contributed by atoms with Crippen molar-refractivity contribution in [1.82, 2.24) is 0 Å². The van der Waals surface area contributed by atoms with E-state index in [9.17, 15) is 21.2 Å². The van der Waals surface area contributed by atoms with E-state index in [-0.39, 0.29) is 21.5 Å². The number of furan rings is 1. The molecular formula is C21H16ClFN2O5S2. The van der Waals surface area contributed by atoms with Crippen molar-refractivity contribution >= 4 is 54.0 Å². The summed E-state index contributed by atoms with van der Waals surface area (Å²) >= 11 is 5.99. The molecule has 0 radical (unpaired) electrons. The summed E-state index contributed by atoms with van der Waals surface area (Å²) in [5, 5.41) is 0.364. The number of anilines is 2. The predicted molar refractivity (Wildman–Crippen MR) is 120 cm³/mol. The minimum absolute atomic E-state index is 0.144. The summed E-state index contributed by atoms with van der Waals surface area (Å²) in [6.45, 7) is 1.62. The molecule has 32 heavy (non-hydrogen) atoms. The molecule has 166 valence electrons. The molecule has 0 fully saturated rings. The average molecular weight is 495 g/mol. The molecule has 1 heterocycles. The summed E-state index contributed by atoms with van der Waals surface area (Å²) in [5.74, 6) is -0.934. The van der Waals surface area contributed by atoms with Gasteiger partial charge in [-0.2, -0.15) is 8.42 Å². The highest BCUT2D eigenvalue weighted by Crippen LogP contribution is 2.32. The Balaban J connectivity index is 1.70. The Hall–Kier alpha value is -3.08. The number of benzene rings is 3. The van der Waals surface area contributed by atoms with Crippen LogP contribution in [0.3, 0.4) is 0 Å². The molecule has 0 aliphatic carbocycles. The van der Waals surface area contributed by atoms with Crippen LogP contribution in [0.15, 0.2) is 81.1 Å². The minimum Gasteiger partial charge on any atom is -0.443 e. The molecule has 0 aliphatic rings. The number of sulfonamides is 2. The van der Waals surface area contributed by atoms with Crippen molar-refractivity contribution in [1.29, 1.82) is 0 Å². The second-order valence-electron chi connectivity index (χ2n) is 6.94. The standard InChI is InChI=1S/C21H16ClFN2O5S2/c1-13-6-9-20(16(23)10-13)31(26,27)24-17-8-7-15(22)12-18(17)25-32(28,29)21-11-14-4-2-3-5-19(14)30-21/h2-12,24-25H,1H3. The number of hydrogen-bond acceptors (Lipinski definition) is 5. The van der Waals surface area contributed by atoms with E-state index >= 15 is 0 Å². The quantitative estimate of drug-likeness (QED) is 0.386. The van der Waals surface area contributed by atoms with E-state index in [4.69, 9.17) is 16.0 Å². The lowest BCUT2D eigenvalue weighted by molar-refractivity contribution is 0.484. The SMILES string of the molecule is Cc1ccc(S(=O)(=O)Nc2ccc(Cl)cc2NS(=O)(=O)c2cc3ccccc3o2)c(F)c1. The van der Waals surface area contributed by atoms with Crippen LogP contribution in [0.1, 0.15) is 5.56 Å². The molecule has 11 heteroatoms. The average Bonchev–Trinajstić information content (AvgIpc) is 3.15. The Morgan fingerprint density at radius 2 is 1.56 bits per heavy atom. The topological polar surface area (TPSA) is 105 Å². The van der Waals surface area contributed by atoms with Gasteiger partial charge in [-0.15, -0.1) is 0 Å². The maximum atomic E-state index is 14.2. The van der Waals surface area contributed by atoms with Crippen LogP contribution in [-0.2, 0) is 20.0 Å². The summed E-state index contributed by atoms with van der Waals surface area (Å²) in [6.07, 6.45) is 0. The molecule has 0 bridgehead atoms. The molecule has 0 aliphatic heterocycles. The number of hydrogen-bond donors (Lipinski definition) is 2. The fraction of sp³-hybridized carbons (Fsp3) is 0.0476. The van der Waals surface area contributed by atoms with Gasteiger partial charge in [-0.05, 0) is 48.9 Å². The van der Waals surface area contributed by atoms with Crippen LogP contribution < -0.4 is 9.44 Å². The molecule has 4 rings (SSSR count). The molecule has 0 spiro atoms.